The molecule has 0 N–H and O–H groups in total. The van der Waals surface area contributed by atoms with Crippen LogP contribution >= 0.6 is 0 Å². The Hall–Kier alpha value is -0.120. The van der Waals surface area contributed by atoms with Gasteiger partial charge in [-0.2, -0.15) is 0 Å². The molecule has 16 heavy (non-hydrogen) atoms. The Morgan fingerprint density at radius 3 is 2.19 bits per heavy atom. The second-order valence-corrected chi connectivity index (χ2v) is 4.66. The fourth-order valence-corrected chi connectivity index (χ4v) is 1.29. The first-order valence-electron chi connectivity index (χ1n) is 6.50. The first-order chi connectivity index (χ1) is 7.66. The van der Waals surface area contributed by atoms with Gasteiger partial charge in [0.05, 0.1) is 19.8 Å². The quantitative estimate of drug-likeness (QED) is 0.510. The van der Waals surface area contributed by atoms with E-state index in [-0.39, 0.29) is 0 Å². The van der Waals surface area contributed by atoms with Crippen molar-refractivity contribution in [2.75, 3.05) is 46.6 Å². The van der Waals surface area contributed by atoms with Crippen molar-refractivity contribution in [2.24, 2.45) is 5.92 Å². The molecule has 0 saturated carbocycles. The van der Waals surface area contributed by atoms with E-state index in [0.717, 1.165) is 51.9 Å². The minimum absolute atomic E-state index is 0.721. The lowest BCUT2D eigenvalue weighted by molar-refractivity contribution is 0.0395. The number of nitrogens with zero attached hydrogens (tertiary/aromatic N) is 1. The molecule has 0 unspecified atom stereocenters. The number of rotatable bonds is 11. The topological polar surface area (TPSA) is 21.7 Å². The summed E-state index contributed by atoms with van der Waals surface area (Å²) in [6.45, 7) is 11.8. The first kappa shape index (κ1) is 15.9. The fourth-order valence-electron chi connectivity index (χ4n) is 1.29. The molecule has 0 radical (unpaired) electrons. The molecule has 0 aliphatic rings. The molecule has 0 aromatic carbocycles. The van der Waals surface area contributed by atoms with Gasteiger partial charge in [0.25, 0.3) is 0 Å². The van der Waals surface area contributed by atoms with Crippen molar-refractivity contribution >= 4 is 0 Å². The van der Waals surface area contributed by atoms with Crippen LogP contribution in [0.25, 0.3) is 0 Å². The van der Waals surface area contributed by atoms with Crippen LogP contribution < -0.4 is 0 Å². The maximum absolute atomic E-state index is 5.48. The molecule has 0 spiro atoms. The van der Waals surface area contributed by atoms with Gasteiger partial charge < -0.3 is 14.4 Å². The molecule has 0 bridgehead atoms. The Morgan fingerprint density at radius 1 is 1.00 bits per heavy atom. The SMILES string of the molecule is CCN(C)CCOCCOCCCC(C)C. The van der Waals surface area contributed by atoms with Gasteiger partial charge in [0, 0.05) is 13.2 Å². The molecule has 3 heteroatoms. The van der Waals surface area contributed by atoms with Crippen LogP contribution in [0.3, 0.4) is 0 Å². The molecule has 0 saturated heterocycles. The van der Waals surface area contributed by atoms with E-state index in [4.69, 9.17) is 9.47 Å². The van der Waals surface area contributed by atoms with Gasteiger partial charge in [0.1, 0.15) is 0 Å². The van der Waals surface area contributed by atoms with Gasteiger partial charge in [-0.1, -0.05) is 20.8 Å². The van der Waals surface area contributed by atoms with Crippen LogP contribution in [0.1, 0.15) is 33.6 Å². The van der Waals surface area contributed by atoms with E-state index in [9.17, 15) is 0 Å². The zero-order valence-corrected chi connectivity index (χ0v) is 11.5. The van der Waals surface area contributed by atoms with Crippen molar-refractivity contribution in [2.45, 2.75) is 33.6 Å². The zero-order valence-electron chi connectivity index (χ0n) is 11.5. The van der Waals surface area contributed by atoms with Crippen LogP contribution in [0, 0.1) is 5.92 Å². The molecule has 0 aromatic heterocycles. The van der Waals surface area contributed by atoms with Crippen LogP contribution in [-0.4, -0.2) is 51.5 Å². The van der Waals surface area contributed by atoms with Gasteiger partial charge in [-0.15, -0.1) is 0 Å². The maximum Gasteiger partial charge on any atom is 0.0701 e. The molecule has 98 valence electrons. The normalized spacial score (nSPS) is 11.6. The third-order valence-corrected chi connectivity index (χ3v) is 2.60. The van der Waals surface area contributed by atoms with Gasteiger partial charge in [0.15, 0.2) is 0 Å². The molecule has 0 rings (SSSR count). The first-order valence-corrected chi connectivity index (χ1v) is 6.50. The Balaban J connectivity index is 2.99. The monoisotopic (exact) mass is 231 g/mol. The van der Waals surface area contributed by atoms with Crippen molar-refractivity contribution in [1.82, 2.24) is 4.90 Å². The minimum Gasteiger partial charge on any atom is -0.379 e. The smallest absolute Gasteiger partial charge is 0.0701 e. The molecule has 0 atom stereocenters. The van der Waals surface area contributed by atoms with Crippen LogP contribution in [0.5, 0.6) is 0 Å². The van der Waals surface area contributed by atoms with E-state index in [1.165, 1.54) is 6.42 Å². The highest BCUT2D eigenvalue weighted by atomic mass is 16.5. The standard InChI is InChI=1S/C13H29NO2/c1-5-14(4)8-10-16-12-11-15-9-6-7-13(2)3/h13H,5-12H2,1-4H3. The highest BCUT2D eigenvalue weighted by Gasteiger charge is 1.96. The van der Waals surface area contributed by atoms with E-state index in [2.05, 4.69) is 32.7 Å². The van der Waals surface area contributed by atoms with E-state index < -0.39 is 0 Å². The predicted octanol–water partition coefficient (Wildman–Crippen LogP) is 2.41. The molecule has 0 aromatic rings. The second-order valence-electron chi connectivity index (χ2n) is 4.66. The fraction of sp³-hybridized carbons (Fsp3) is 1.00. The van der Waals surface area contributed by atoms with Gasteiger partial charge in [-0.25, -0.2) is 0 Å². The van der Waals surface area contributed by atoms with Crippen molar-refractivity contribution in [1.29, 1.82) is 0 Å². The highest BCUT2D eigenvalue weighted by molar-refractivity contribution is 4.46. The summed E-state index contributed by atoms with van der Waals surface area (Å²) in [5.41, 5.74) is 0. The van der Waals surface area contributed by atoms with Crippen molar-refractivity contribution < 1.29 is 9.47 Å². The minimum atomic E-state index is 0.721. The summed E-state index contributed by atoms with van der Waals surface area (Å²) >= 11 is 0. The largest absolute Gasteiger partial charge is 0.379 e. The average molecular weight is 231 g/mol. The Bertz CT molecular complexity index is 140. The lowest BCUT2D eigenvalue weighted by atomic mass is 10.1. The van der Waals surface area contributed by atoms with E-state index in [1.54, 1.807) is 0 Å². The van der Waals surface area contributed by atoms with Gasteiger partial charge in [-0.3, -0.25) is 0 Å². The number of hydrogen-bond donors (Lipinski definition) is 0. The lowest BCUT2D eigenvalue weighted by Crippen LogP contribution is -2.23. The molecule has 0 amide bonds. The maximum atomic E-state index is 5.48. The van der Waals surface area contributed by atoms with Crippen LogP contribution in [0.2, 0.25) is 0 Å². The van der Waals surface area contributed by atoms with Gasteiger partial charge in [-0.05, 0) is 32.4 Å². The van der Waals surface area contributed by atoms with Gasteiger partial charge in [0.2, 0.25) is 0 Å². The van der Waals surface area contributed by atoms with Gasteiger partial charge >= 0.3 is 0 Å². The highest BCUT2D eigenvalue weighted by Crippen LogP contribution is 2.02. The summed E-state index contributed by atoms with van der Waals surface area (Å²) in [6, 6.07) is 0. The van der Waals surface area contributed by atoms with Crippen molar-refractivity contribution in [3.8, 4) is 0 Å². The summed E-state index contributed by atoms with van der Waals surface area (Å²) in [7, 11) is 2.10. The van der Waals surface area contributed by atoms with Crippen LogP contribution in [-0.2, 0) is 9.47 Å². The Kier molecular flexibility index (Phi) is 11.3. The van der Waals surface area contributed by atoms with Crippen LogP contribution in [0.4, 0.5) is 0 Å². The summed E-state index contributed by atoms with van der Waals surface area (Å²) < 4.78 is 10.9. The molecule has 3 nitrogen and oxygen atoms in total. The molecule has 0 aliphatic carbocycles. The predicted molar refractivity (Wildman–Crippen MR) is 68.9 cm³/mol. The van der Waals surface area contributed by atoms with Crippen molar-refractivity contribution in [3.63, 3.8) is 0 Å². The zero-order chi connectivity index (χ0) is 12.2. The second kappa shape index (κ2) is 11.4. The summed E-state index contributed by atoms with van der Waals surface area (Å²) in [5, 5.41) is 0. The third-order valence-electron chi connectivity index (χ3n) is 2.60. The molecule has 0 heterocycles. The van der Waals surface area contributed by atoms with Crippen LogP contribution in [0.15, 0.2) is 0 Å². The molecule has 0 fully saturated rings. The molecule has 0 aliphatic heterocycles. The molecular formula is C13H29NO2. The number of ether oxygens (including phenoxy) is 2. The number of hydrogen-bond acceptors (Lipinski definition) is 3. The van der Waals surface area contributed by atoms with Crippen molar-refractivity contribution in [3.05, 3.63) is 0 Å². The van der Waals surface area contributed by atoms with E-state index in [0.29, 0.717) is 0 Å². The Labute approximate surface area is 101 Å². The third kappa shape index (κ3) is 12.0. The molecular weight excluding hydrogens is 202 g/mol. The van der Waals surface area contributed by atoms with E-state index >= 15 is 0 Å². The van der Waals surface area contributed by atoms with E-state index in [1.807, 2.05) is 0 Å². The average Bonchev–Trinajstić information content (AvgIpc) is 2.26. The Morgan fingerprint density at radius 2 is 1.62 bits per heavy atom. The summed E-state index contributed by atoms with van der Waals surface area (Å²) in [4.78, 5) is 2.24. The summed E-state index contributed by atoms with van der Waals surface area (Å²) in [6.07, 6.45) is 2.42. The number of likely N-dealkylation sites (N-methyl/N-ethyl adjacent to an activating group) is 1. The summed E-state index contributed by atoms with van der Waals surface area (Å²) in [5.74, 6) is 0.782. The lowest BCUT2D eigenvalue weighted by Gasteiger charge is -2.13.